The van der Waals surface area contributed by atoms with Crippen LogP contribution in [-0.4, -0.2) is 24.7 Å². The number of hydrogen-bond acceptors (Lipinski definition) is 2. The molecule has 0 radical (unpaired) electrons. The second-order valence-electron chi connectivity index (χ2n) is 5.54. The summed E-state index contributed by atoms with van der Waals surface area (Å²) in [5.41, 5.74) is 0.229. The monoisotopic (exact) mass is 200 g/mol. The Morgan fingerprint density at radius 2 is 1.64 bits per heavy atom. The van der Waals surface area contributed by atoms with E-state index in [9.17, 15) is 0 Å². The van der Waals surface area contributed by atoms with E-state index >= 15 is 0 Å². The van der Waals surface area contributed by atoms with Gasteiger partial charge in [0.2, 0.25) is 0 Å². The van der Waals surface area contributed by atoms with Crippen LogP contribution in [0.2, 0.25) is 0 Å². The van der Waals surface area contributed by atoms with Gasteiger partial charge in [-0.25, -0.2) is 0 Å². The maximum atomic E-state index is 3.58. The van der Waals surface area contributed by atoms with Crippen LogP contribution in [-0.2, 0) is 0 Å². The van der Waals surface area contributed by atoms with Crippen molar-refractivity contribution in [1.29, 1.82) is 0 Å². The molecule has 0 bridgehead atoms. The van der Waals surface area contributed by atoms with Crippen LogP contribution in [0.5, 0.6) is 0 Å². The molecular formula is C12H28N2. The fourth-order valence-corrected chi connectivity index (χ4v) is 1.19. The third-order valence-electron chi connectivity index (χ3n) is 2.19. The average Bonchev–Trinajstić information content (AvgIpc) is 2.02. The summed E-state index contributed by atoms with van der Waals surface area (Å²) < 4.78 is 0. The van der Waals surface area contributed by atoms with Crippen LogP contribution in [0, 0.1) is 5.92 Å². The van der Waals surface area contributed by atoms with E-state index in [4.69, 9.17) is 0 Å². The number of nitrogens with one attached hydrogen (secondary N) is 2. The first-order valence-electron chi connectivity index (χ1n) is 5.83. The third-order valence-corrected chi connectivity index (χ3v) is 2.19. The molecule has 0 fully saturated rings. The predicted octanol–water partition coefficient (Wildman–Crippen LogP) is 2.40. The van der Waals surface area contributed by atoms with Gasteiger partial charge in [0.25, 0.3) is 0 Å². The zero-order chi connectivity index (χ0) is 11.2. The van der Waals surface area contributed by atoms with E-state index < -0.39 is 0 Å². The van der Waals surface area contributed by atoms with Crippen LogP contribution in [0.25, 0.3) is 0 Å². The Kier molecular flexibility index (Phi) is 6.38. The Balaban J connectivity index is 3.69. The SMILES string of the molecule is CCC(CNC(C)(C)C)NCC(C)C. The lowest BCUT2D eigenvalue weighted by Crippen LogP contribution is -2.46. The molecule has 0 aliphatic carbocycles. The lowest BCUT2D eigenvalue weighted by Gasteiger charge is -2.26. The highest BCUT2D eigenvalue weighted by Gasteiger charge is 2.12. The van der Waals surface area contributed by atoms with Gasteiger partial charge in [-0.15, -0.1) is 0 Å². The molecule has 86 valence electrons. The highest BCUT2D eigenvalue weighted by atomic mass is 15.0. The highest BCUT2D eigenvalue weighted by molar-refractivity contribution is 4.76. The van der Waals surface area contributed by atoms with Gasteiger partial charge in [0.05, 0.1) is 0 Å². The minimum absolute atomic E-state index is 0.229. The molecule has 0 saturated heterocycles. The quantitative estimate of drug-likeness (QED) is 0.688. The van der Waals surface area contributed by atoms with Crippen molar-refractivity contribution in [2.45, 2.75) is 59.5 Å². The smallest absolute Gasteiger partial charge is 0.0190 e. The summed E-state index contributed by atoms with van der Waals surface area (Å²) in [7, 11) is 0. The minimum atomic E-state index is 0.229. The van der Waals surface area contributed by atoms with Crippen LogP contribution >= 0.6 is 0 Å². The summed E-state index contributed by atoms with van der Waals surface area (Å²) in [5.74, 6) is 0.735. The van der Waals surface area contributed by atoms with Crippen LogP contribution in [0.4, 0.5) is 0 Å². The molecule has 0 amide bonds. The zero-order valence-electron chi connectivity index (χ0n) is 10.8. The van der Waals surface area contributed by atoms with Crippen LogP contribution in [0.3, 0.4) is 0 Å². The molecule has 2 N–H and O–H groups in total. The Morgan fingerprint density at radius 3 is 2.00 bits per heavy atom. The van der Waals surface area contributed by atoms with Gasteiger partial charge in [0.15, 0.2) is 0 Å². The number of hydrogen-bond donors (Lipinski definition) is 2. The van der Waals surface area contributed by atoms with E-state index in [-0.39, 0.29) is 5.54 Å². The molecule has 2 heteroatoms. The summed E-state index contributed by atoms with van der Waals surface area (Å²) in [6.45, 7) is 15.5. The maximum Gasteiger partial charge on any atom is 0.0190 e. The first-order chi connectivity index (χ1) is 6.35. The standard InChI is InChI=1S/C12H28N2/c1-7-11(13-8-10(2)3)9-14-12(4,5)6/h10-11,13-14H,7-9H2,1-6H3. The topological polar surface area (TPSA) is 24.1 Å². The molecular weight excluding hydrogens is 172 g/mol. The lowest BCUT2D eigenvalue weighted by atomic mass is 10.1. The van der Waals surface area contributed by atoms with E-state index in [1.165, 1.54) is 6.42 Å². The Morgan fingerprint density at radius 1 is 1.07 bits per heavy atom. The predicted molar refractivity (Wildman–Crippen MR) is 64.7 cm³/mol. The summed E-state index contributed by atoms with van der Waals surface area (Å²) in [5, 5.41) is 7.11. The Hall–Kier alpha value is -0.0800. The average molecular weight is 200 g/mol. The Labute approximate surface area is 89.9 Å². The van der Waals surface area contributed by atoms with Crippen molar-refractivity contribution in [3.8, 4) is 0 Å². The van der Waals surface area contributed by atoms with Crippen LogP contribution in [0.15, 0.2) is 0 Å². The first kappa shape index (κ1) is 13.9. The minimum Gasteiger partial charge on any atom is -0.312 e. The van der Waals surface area contributed by atoms with Gasteiger partial charge in [-0.1, -0.05) is 20.8 Å². The fraction of sp³-hybridized carbons (Fsp3) is 1.00. The second kappa shape index (κ2) is 6.41. The van der Waals surface area contributed by atoms with Crippen LogP contribution in [0.1, 0.15) is 48.0 Å². The molecule has 1 atom stereocenters. The molecule has 0 aliphatic rings. The maximum absolute atomic E-state index is 3.58. The summed E-state index contributed by atoms with van der Waals surface area (Å²) >= 11 is 0. The fourth-order valence-electron chi connectivity index (χ4n) is 1.19. The summed E-state index contributed by atoms with van der Waals surface area (Å²) in [6.07, 6.45) is 1.19. The van der Waals surface area contributed by atoms with Crippen molar-refractivity contribution in [2.75, 3.05) is 13.1 Å². The van der Waals surface area contributed by atoms with Gasteiger partial charge >= 0.3 is 0 Å². The van der Waals surface area contributed by atoms with E-state index in [2.05, 4.69) is 52.2 Å². The molecule has 0 saturated carbocycles. The van der Waals surface area contributed by atoms with Crippen molar-refractivity contribution >= 4 is 0 Å². The second-order valence-corrected chi connectivity index (χ2v) is 5.54. The largest absolute Gasteiger partial charge is 0.312 e. The van der Waals surface area contributed by atoms with Crippen molar-refractivity contribution in [3.05, 3.63) is 0 Å². The highest BCUT2D eigenvalue weighted by Crippen LogP contribution is 2.00. The van der Waals surface area contributed by atoms with Crippen molar-refractivity contribution in [2.24, 2.45) is 5.92 Å². The molecule has 0 aliphatic heterocycles. The number of rotatable bonds is 6. The normalized spacial score (nSPS) is 14.8. The van der Waals surface area contributed by atoms with E-state index in [0.717, 1.165) is 19.0 Å². The molecule has 1 unspecified atom stereocenters. The first-order valence-corrected chi connectivity index (χ1v) is 5.83. The molecule has 0 aromatic rings. The van der Waals surface area contributed by atoms with Gasteiger partial charge in [-0.3, -0.25) is 0 Å². The molecule has 0 rings (SSSR count). The van der Waals surface area contributed by atoms with Crippen molar-refractivity contribution < 1.29 is 0 Å². The van der Waals surface area contributed by atoms with Crippen molar-refractivity contribution in [1.82, 2.24) is 10.6 Å². The molecule has 2 nitrogen and oxygen atoms in total. The molecule has 0 aromatic heterocycles. The lowest BCUT2D eigenvalue weighted by molar-refractivity contribution is 0.363. The van der Waals surface area contributed by atoms with E-state index in [0.29, 0.717) is 6.04 Å². The van der Waals surface area contributed by atoms with E-state index in [1.807, 2.05) is 0 Å². The third kappa shape index (κ3) is 8.52. The zero-order valence-corrected chi connectivity index (χ0v) is 10.8. The molecule has 0 aromatic carbocycles. The van der Waals surface area contributed by atoms with Gasteiger partial charge in [-0.05, 0) is 39.7 Å². The van der Waals surface area contributed by atoms with Gasteiger partial charge in [0.1, 0.15) is 0 Å². The van der Waals surface area contributed by atoms with Gasteiger partial charge in [0, 0.05) is 18.1 Å². The van der Waals surface area contributed by atoms with E-state index in [1.54, 1.807) is 0 Å². The molecule has 0 spiro atoms. The molecule has 14 heavy (non-hydrogen) atoms. The van der Waals surface area contributed by atoms with Crippen molar-refractivity contribution in [3.63, 3.8) is 0 Å². The van der Waals surface area contributed by atoms with Gasteiger partial charge < -0.3 is 10.6 Å². The Bertz CT molecular complexity index is 136. The molecule has 0 heterocycles. The van der Waals surface area contributed by atoms with Crippen LogP contribution < -0.4 is 10.6 Å². The summed E-state index contributed by atoms with van der Waals surface area (Å²) in [6, 6.07) is 0.608. The van der Waals surface area contributed by atoms with Gasteiger partial charge in [-0.2, -0.15) is 0 Å². The summed E-state index contributed by atoms with van der Waals surface area (Å²) in [4.78, 5) is 0.